The van der Waals surface area contributed by atoms with Crippen molar-refractivity contribution in [2.75, 3.05) is 18.9 Å². The molecule has 0 fully saturated rings. The van der Waals surface area contributed by atoms with Crippen LogP contribution in [-0.2, 0) is 10.0 Å². The monoisotopic (exact) mass is 329 g/mol. The molecular formula is C12H12ClN3O4S. The molecule has 0 aliphatic heterocycles. The highest BCUT2D eigenvalue weighted by Gasteiger charge is 2.21. The Morgan fingerprint density at radius 2 is 1.86 bits per heavy atom. The number of nitrogens with zero attached hydrogens (tertiary/aromatic N) is 2. The first-order valence-corrected chi connectivity index (χ1v) is 7.56. The second-order valence-electron chi connectivity index (χ2n) is 3.86. The third-order valence-corrected chi connectivity index (χ3v) is 4.11. The molecule has 0 amide bonds. The molecule has 0 aliphatic carbocycles. The van der Waals surface area contributed by atoms with Gasteiger partial charge in [-0.1, -0.05) is 11.6 Å². The number of nitrogens with one attached hydrogen (secondary N) is 1. The van der Waals surface area contributed by atoms with Crippen LogP contribution in [0.1, 0.15) is 0 Å². The molecule has 7 nitrogen and oxygen atoms in total. The van der Waals surface area contributed by atoms with Gasteiger partial charge in [0.1, 0.15) is 16.4 Å². The Morgan fingerprint density at radius 1 is 1.10 bits per heavy atom. The van der Waals surface area contributed by atoms with Crippen molar-refractivity contribution in [1.82, 2.24) is 10.2 Å². The molecule has 0 saturated carbocycles. The Labute approximate surface area is 126 Å². The molecule has 9 heteroatoms. The molecule has 2 aromatic rings. The van der Waals surface area contributed by atoms with E-state index >= 15 is 0 Å². The first kappa shape index (κ1) is 15.3. The van der Waals surface area contributed by atoms with Crippen molar-refractivity contribution in [1.29, 1.82) is 0 Å². The van der Waals surface area contributed by atoms with Crippen molar-refractivity contribution in [3.05, 3.63) is 35.5 Å². The molecule has 2 rings (SSSR count). The Bertz CT molecular complexity index is 735. The van der Waals surface area contributed by atoms with Gasteiger partial charge >= 0.3 is 0 Å². The zero-order valence-corrected chi connectivity index (χ0v) is 12.8. The summed E-state index contributed by atoms with van der Waals surface area (Å²) in [5, 5.41) is 7.37. The average molecular weight is 330 g/mol. The second-order valence-corrected chi connectivity index (χ2v) is 5.90. The van der Waals surface area contributed by atoms with Crippen LogP contribution in [0, 0.1) is 0 Å². The van der Waals surface area contributed by atoms with Gasteiger partial charge in [-0.3, -0.25) is 4.72 Å². The van der Waals surface area contributed by atoms with Gasteiger partial charge in [0.05, 0.1) is 14.2 Å². The minimum atomic E-state index is -3.90. The normalized spacial score (nSPS) is 11.0. The number of hydrogen-bond acceptors (Lipinski definition) is 6. The average Bonchev–Trinajstić information content (AvgIpc) is 2.48. The molecular weight excluding hydrogens is 318 g/mol. The van der Waals surface area contributed by atoms with Gasteiger partial charge in [0.15, 0.2) is 11.0 Å². The first-order chi connectivity index (χ1) is 9.96. The van der Waals surface area contributed by atoms with Crippen molar-refractivity contribution in [3.8, 4) is 11.5 Å². The fourth-order valence-corrected chi connectivity index (χ4v) is 2.84. The van der Waals surface area contributed by atoms with E-state index < -0.39 is 10.0 Å². The van der Waals surface area contributed by atoms with E-state index in [9.17, 15) is 8.42 Å². The highest BCUT2D eigenvalue weighted by Crippen LogP contribution is 2.29. The summed E-state index contributed by atoms with van der Waals surface area (Å²) in [6, 6.07) is 7.28. The van der Waals surface area contributed by atoms with Crippen LogP contribution in [0.15, 0.2) is 35.2 Å². The summed E-state index contributed by atoms with van der Waals surface area (Å²) in [4.78, 5) is -0.0684. The minimum absolute atomic E-state index is 0.0456. The number of anilines is 1. The largest absolute Gasteiger partial charge is 0.497 e. The zero-order valence-electron chi connectivity index (χ0n) is 11.2. The molecule has 0 unspecified atom stereocenters. The lowest BCUT2D eigenvalue weighted by molar-refractivity contribution is 0.392. The zero-order chi connectivity index (χ0) is 15.5. The minimum Gasteiger partial charge on any atom is -0.497 e. The number of sulfonamides is 1. The van der Waals surface area contributed by atoms with Gasteiger partial charge in [-0.25, -0.2) is 8.42 Å². The molecule has 1 N–H and O–H groups in total. The van der Waals surface area contributed by atoms with Crippen LogP contribution in [0.5, 0.6) is 11.5 Å². The van der Waals surface area contributed by atoms with E-state index in [0.29, 0.717) is 5.75 Å². The number of rotatable bonds is 5. The molecule has 0 aliphatic rings. The summed E-state index contributed by atoms with van der Waals surface area (Å²) in [7, 11) is -1.08. The van der Waals surface area contributed by atoms with Crippen molar-refractivity contribution >= 4 is 27.4 Å². The van der Waals surface area contributed by atoms with Gasteiger partial charge in [-0.05, 0) is 24.3 Å². The van der Waals surface area contributed by atoms with Crippen molar-refractivity contribution in [2.24, 2.45) is 0 Å². The maximum atomic E-state index is 12.4. The number of methoxy groups -OCH3 is 2. The summed E-state index contributed by atoms with van der Waals surface area (Å²) < 4.78 is 37.1. The molecule has 1 aromatic carbocycles. The Morgan fingerprint density at radius 3 is 2.43 bits per heavy atom. The fourth-order valence-electron chi connectivity index (χ4n) is 1.56. The second kappa shape index (κ2) is 6.15. The van der Waals surface area contributed by atoms with Crippen molar-refractivity contribution in [3.63, 3.8) is 0 Å². The molecule has 1 aromatic heterocycles. The molecule has 0 bridgehead atoms. The van der Waals surface area contributed by atoms with E-state index in [1.807, 2.05) is 0 Å². The van der Waals surface area contributed by atoms with Crippen molar-refractivity contribution < 1.29 is 17.9 Å². The number of halogens is 1. The highest BCUT2D eigenvalue weighted by molar-refractivity contribution is 7.92. The highest BCUT2D eigenvalue weighted by atomic mass is 35.5. The van der Waals surface area contributed by atoms with E-state index in [0.717, 1.165) is 0 Å². The molecule has 0 radical (unpaired) electrons. The lowest BCUT2D eigenvalue weighted by Gasteiger charge is -2.12. The predicted octanol–water partition coefficient (Wildman–Crippen LogP) is 1.95. The van der Waals surface area contributed by atoms with Gasteiger partial charge in [-0.15, -0.1) is 10.2 Å². The SMILES string of the molecule is COc1ccc(OC)c(S(=O)(=O)Nc2ccc(Cl)nn2)c1. The van der Waals surface area contributed by atoms with Crippen LogP contribution in [0.3, 0.4) is 0 Å². The number of hydrogen-bond donors (Lipinski definition) is 1. The lowest BCUT2D eigenvalue weighted by atomic mass is 10.3. The topological polar surface area (TPSA) is 90.4 Å². The van der Waals surface area contributed by atoms with E-state index in [2.05, 4.69) is 14.9 Å². The molecule has 112 valence electrons. The van der Waals surface area contributed by atoms with Gasteiger partial charge in [0.2, 0.25) is 0 Å². The maximum absolute atomic E-state index is 12.4. The maximum Gasteiger partial charge on any atom is 0.266 e. The molecule has 21 heavy (non-hydrogen) atoms. The van der Waals surface area contributed by atoms with Gasteiger partial charge in [0, 0.05) is 6.07 Å². The smallest absolute Gasteiger partial charge is 0.266 e. The quantitative estimate of drug-likeness (QED) is 0.901. The van der Waals surface area contributed by atoms with Crippen LogP contribution < -0.4 is 14.2 Å². The molecule has 1 heterocycles. The van der Waals surface area contributed by atoms with E-state index in [1.165, 1.54) is 38.5 Å². The Kier molecular flexibility index (Phi) is 4.49. The Hall–Kier alpha value is -2.06. The van der Waals surface area contributed by atoms with E-state index in [4.69, 9.17) is 21.1 Å². The van der Waals surface area contributed by atoms with Crippen LogP contribution in [-0.4, -0.2) is 32.8 Å². The Balaban J connectivity index is 2.41. The van der Waals surface area contributed by atoms with Crippen LogP contribution in [0.4, 0.5) is 5.82 Å². The van der Waals surface area contributed by atoms with E-state index in [1.54, 1.807) is 6.07 Å². The predicted molar refractivity (Wildman–Crippen MR) is 77.4 cm³/mol. The molecule has 0 spiro atoms. The summed E-state index contributed by atoms with van der Waals surface area (Å²) in [6.45, 7) is 0. The standard InChI is InChI=1S/C12H12ClN3O4S/c1-19-8-3-4-9(20-2)10(7-8)21(17,18)16-12-6-5-11(13)14-15-12/h3-7H,1-2H3,(H,15,16). The number of ether oxygens (including phenoxy) is 2. The van der Waals surface area contributed by atoms with Crippen LogP contribution in [0.2, 0.25) is 5.15 Å². The van der Waals surface area contributed by atoms with E-state index in [-0.39, 0.29) is 21.6 Å². The third-order valence-electron chi connectivity index (χ3n) is 2.53. The summed E-state index contributed by atoms with van der Waals surface area (Å²) in [6.07, 6.45) is 0. The number of aromatic nitrogens is 2. The van der Waals surface area contributed by atoms with Crippen LogP contribution >= 0.6 is 11.6 Å². The molecule has 0 saturated heterocycles. The lowest BCUT2D eigenvalue weighted by Crippen LogP contribution is -2.15. The summed E-state index contributed by atoms with van der Waals surface area (Å²) >= 11 is 5.60. The fraction of sp³-hybridized carbons (Fsp3) is 0.167. The summed E-state index contributed by atoms with van der Waals surface area (Å²) in [5.41, 5.74) is 0. The molecule has 0 atom stereocenters. The first-order valence-electron chi connectivity index (χ1n) is 5.70. The van der Waals surface area contributed by atoms with Crippen molar-refractivity contribution in [2.45, 2.75) is 4.90 Å². The van der Waals surface area contributed by atoms with Gasteiger partial charge in [0.25, 0.3) is 10.0 Å². The number of benzene rings is 1. The summed E-state index contributed by atoms with van der Waals surface area (Å²) in [5.74, 6) is 0.618. The van der Waals surface area contributed by atoms with Gasteiger partial charge in [-0.2, -0.15) is 0 Å². The van der Waals surface area contributed by atoms with Gasteiger partial charge < -0.3 is 9.47 Å². The van der Waals surface area contributed by atoms with Crippen LogP contribution in [0.25, 0.3) is 0 Å². The third kappa shape index (κ3) is 3.53.